The fourth-order valence-corrected chi connectivity index (χ4v) is 5.23. The summed E-state index contributed by atoms with van der Waals surface area (Å²) in [4.78, 5) is 15.2. The molecule has 0 saturated carbocycles. The molecule has 9 heteroatoms. The summed E-state index contributed by atoms with van der Waals surface area (Å²) in [7, 11) is -3.72. The van der Waals surface area contributed by atoms with Crippen LogP contribution in [0.15, 0.2) is 76.2 Å². The molecule has 2 aromatic carbocycles. The Labute approximate surface area is 198 Å². The predicted octanol–water partition coefficient (Wildman–Crippen LogP) is 3.98. The number of nitrogens with one attached hydrogen (secondary N) is 2. The smallest absolute Gasteiger partial charge is 0.251 e. The summed E-state index contributed by atoms with van der Waals surface area (Å²) < 4.78 is 32.6. The molecule has 0 aliphatic carbocycles. The molecule has 174 valence electrons. The van der Waals surface area contributed by atoms with Crippen LogP contribution in [-0.4, -0.2) is 38.9 Å². The summed E-state index contributed by atoms with van der Waals surface area (Å²) in [5, 5.41) is 3.67. The highest BCUT2D eigenvalue weighted by Gasteiger charge is 2.25. The van der Waals surface area contributed by atoms with E-state index in [1.165, 1.54) is 30.5 Å². The van der Waals surface area contributed by atoms with E-state index in [1.807, 2.05) is 24.3 Å². The van der Waals surface area contributed by atoms with Gasteiger partial charge in [0.05, 0.1) is 23.7 Å². The Hall–Kier alpha value is -2.65. The van der Waals surface area contributed by atoms with Gasteiger partial charge >= 0.3 is 0 Å². The molecular weight excluding hydrogens is 462 g/mol. The Morgan fingerprint density at radius 2 is 1.76 bits per heavy atom. The number of amides is 1. The fraction of sp³-hybridized carbons (Fsp3) is 0.292. The number of hydrogen-bond acceptors (Lipinski definition) is 5. The van der Waals surface area contributed by atoms with Crippen molar-refractivity contribution in [3.05, 3.63) is 88.8 Å². The first-order chi connectivity index (χ1) is 15.9. The Morgan fingerprint density at radius 1 is 1.03 bits per heavy atom. The number of likely N-dealkylation sites (tertiary alicyclic amines) is 1. The third-order valence-corrected chi connectivity index (χ3v) is 7.51. The van der Waals surface area contributed by atoms with Gasteiger partial charge in [-0.15, -0.1) is 0 Å². The third kappa shape index (κ3) is 5.83. The van der Waals surface area contributed by atoms with Gasteiger partial charge in [0.15, 0.2) is 0 Å². The lowest BCUT2D eigenvalue weighted by Gasteiger charge is -2.29. The minimum absolute atomic E-state index is 0.0180. The van der Waals surface area contributed by atoms with E-state index in [0.717, 1.165) is 31.5 Å². The summed E-state index contributed by atoms with van der Waals surface area (Å²) in [5.41, 5.74) is 1.38. The van der Waals surface area contributed by atoms with Gasteiger partial charge in [-0.05, 0) is 74.0 Å². The van der Waals surface area contributed by atoms with Gasteiger partial charge < -0.3 is 9.73 Å². The van der Waals surface area contributed by atoms with E-state index in [4.69, 9.17) is 16.0 Å². The van der Waals surface area contributed by atoms with Crippen LogP contribution in [-0.2, 0) is 16.6 Å². The maximum Gasteiger partial charge on any atom is 0.251 e. The lowest BCUT2D eigenvalue weighted by atomic mass is 10.0. The van der Waals surface area contributed by atoms with Crippen LogP contribution >= 0.6 is 11.6 Å². The second kappa shape index (κ2) is 10.5. The van der Waals surface area contributed by atoms with E-state index in [9.17, 15) is 13.2 Å². The number of furan rings is 1. The van der Waals surface area contributed by atoms with Crippen molar-refractivity contribution < 1.29 is 17.6 Å². The quantitative estimate of drug-likeness (QED) is 0.476. The Kier molecular flexibility index (Phi) is 7.49. The van der Waals surface area contributed by atoms with Crippen molar-refractivity contribution >= 4 is 27.5 Å². The first kappa shape index (κ1) is 23.5. The zero-order chi connectivity index (χ0) is 23.3. The van der Waals surface area contributed by atoms with Crippen molar-refractivity contribution in [3.63, 3.8) is 0 Å². The number of carbonyl (C=O) groups excluding carboxylic acids is 1. The molecule has 0 unspecified atom stereocenters. The van der Waals surface area contributed by atoms with Crippen molar-refractivity contribution in [3.8, 4) is 0 Å². The van der Waals surface area contributed by atoms with Crippen LogP contribution in [0.4, 0.5) is 0 Å². The second-order valence-corrected chi connectivity index (χ2v) is 10.1. The molecule has 1 atom stereocenters. The van der Waals surface area contributed by atoms with Crippen LogP contribution in [0.25, 0.3) is 0 Å². The van der Waals surface area contributed by atoms with Crippen molar-refractivity contribution in [2.24, 2.45) is 0 Å². The fourth-order valence-electron chi connectivity index (χ4n) is 3.97. The minimum atomic E-state index is -3.72. The number of benzene rings is 2. The van der Waals surface area contributed by atoms with E-state index < -0.39 is 10.0 Å². The van der Waals surface area contributed by atoms with E-state index in [2.05, 4.69) is 14.9 Å². The number of sulfonamides is 1. The molecule has 7 nitrogen and oxygen atoms in total. The zero-order valence-corrected chi connectivity index (χ0v) is 19.6. The summed E-state index contributed by atoms with van der Waals surface area (Å²) in [6.07, 6.45) is 3.73. The molecule has 1 aliphatic rings. The molecule has 1 amide bonds. The lowest BCUT2D eigenvalue weighted by Crippen LogP contribution is -2.37. The highest BCUT2D eigenvalue weighted by Crippen LogP contribution is 2.29. The van der Waals surface area contributed by atoms with Crippen LogP contribution in [0.3, 0.4) is 0 Å². The van der Waals surface area contributed by atoms with E-state index in [0.29, 0.717) is 22.9 Å². The van der Waals surface area contributed by atoms with E-state index >= 15 is 0 Å². The molecule has 0 spiro atoms. The maximum absolute atomic E-state index is 12.8. The van der Waals surface area contributed by atoms with Gasteiger partial charge in [0.2, 0.25) is 10.0 Å². The van der Waals surface area contributed by atoms with Crippen molar-refractivity contribution in [2.45, 2.75) is 30.3 Å². The Bertz CT molecular complexity index is 1170. The van der Waals surface area contributed by atoms with Crippen molar-refractivity contribution in [1.82, 2.24) is 14.9 Å². The molecule has 33 heavy (non-hydrogen) atoms. The molecule has 1 saturated heterocycles. The van der Waals surface area contributed by atoms with Crippen LogP contribution in [0.2, 0.25) is 5.02 Å². The van der Waals surface area contributed by atoms with E-state index in [-0.39, 0.29) is 23.4 Å². The van der Waals surface area contributed by atoms with Crippen LogP contribution in [0.1, 0.15) is 40.6 Å². The average Bonchev–Trinajstić information content (AvgIpc) is 3.54. The van der Waals surface area contributed by atoms with Gasteiger partial charge in [0.25, 0.3) is 5.91 Å². The Morgan fingerprint density at radius 3 is 2.42 bits per heavy atom. The molecule has 0 bridgehead atoms. The van der Waals surface area contributed by atoms with Gasteiger partial charge in [-0.2, -0.15) is 0 Å². The average molecular weight is 488 g/mol. The van der Waals surface area contributed by atoms with Gasteiger partial charge in [0, 0.05) is 17.1 Å². The highest BCUT2D eigenvalue weighted by molar-refractivity contribution is 7.89. The first-order valence-electron chi connectivity index (χ1n) is 10.8. The third-order valence-electron chi connectivity index (χ3n) is 5.74. The molecule has 3 aromatic rings. The summed E-state index contributed by atoms with van der Waals surface area (Å²) in [5.74, 6) is 0.249. The molecule has 2 heterocycles. The topological polar surface area (TPSA) is 91.7 Å². The molecule has 4 rings (SSSR count). The van der Waals surface area contributed by atoms with Gasteiger partial charge in [-0.25, -0.2) is 13.1 Å². The molecule has 1 fully saturated rings. The molecule has 0 radical (unpaired) electrons. The monoisotopic (exact) mass is 487 g/mol. The minimum Gasteiger partial charge on any atom is -0.468 e. The second-order valence-electron chi connectivity index (χ2n) is 7.92. The van der Waals surface area contributed by atoms with Crippen LogP contribution in [0.5, 0.6) is 0 Å². The number of hydrogen-bond donors (Lipinski definition) is 2. The maximum atomic E-state index is 12.8. The normalized spacial score (nSPS) is 15.4. The largest absolute Gasteiger partial charge is 0.468 e. The SMILES string of the molecule is O=C(NC[C@@H](c1ccccc1Cl)N1CCCC1)c1ccc(S(=O)(=O)NCc2ccco2)cc1. The van der Waals surface area contributed by atoms with Gasteiger partial charge in [0.1, 0.15) is 5.76 Å². The van der Waals surface area contributed by atoms with Crippen LogP contribution in [0, 0.1) is 0 Å². The lowest BCUT2D eigenvalue weighted by molar-refractivity contribution is 0.0938. The molecular formula is C24H26ClN3O4S. The summed E-state index contributed by atoms with van der Waals surface area (Å²) in [6, 6.07) is 16.9. The molecule has 1 aromatic heterocycles. The first-order valence-corrected chi connectivity index (χ1v) is 12.7. The number of halogens is 1. The van der Waals surface area contributed by atoms with Crippen LogP contribution < -0.4 is 10.0 Å². The molecule has 2 N–H and O–H groups in total. The number of rotatable bonds is 9. The number of nitrogens with zero attached hydrogens (tertiary/aromatic N) is 1. The standard InChI is InChI=1S/C24H26ClN3O4S/c25-22-8-2-1-7-21(22)23(28-13-3-4-14-28)17-26-24(29)18-9-11-20(12-10-18)33(30,31)27-16-19-6-5-15-32-19/h1-2,5-12,15,23,27H,3-4,13-14,16-17H2,(H,26,29)/t23-/m0/s1. The van der Waals surface area contributed by atoms with Crippen molar-refractivity contribution in [2.75, 3.05) is 19.6 Å². The van der Waals surface area contributed by atoms with E-state index in [1.54, 1.807) is 12.1 Å². The van der Waals surface area contributed by atoms with Gasteiger partial charge in [-0.3, -0.25) is 9.69 Å². The summed E-state index contributed by atoms with van der Waals surface area (Å²) >= 11 is 6.44. The molecule has 1 aliphatic heterocycles. The number of carbonyl (C=O) groups is 1. The predicted molar refractivity (Wildman–Crippen MR) is 127 cm³/mol. The Balaban J connectivity index is 1.40. The summed E-state index contributed by atoms with van der Waals surface area (Å²) in [6.45, 7) is 2.39. The highest BCUT2D eigenvalue weighted by atomic mass is 35.5. The van der Waals surface area contributed by atoms with Crippen molar-refractivity contribution in [1.29, 1.82) is 0 Å². The van der Waals surface area contributed by atoms with Gasteiger partial charge in [-0.1, -0.05) is 29.8 Å². The zero-order valence-electron chi connectivity index (χ0n) is 18.0.